The number of nitrogens with zero attached hydrogens (tertiary/aromatic N) is 4. The zero-order valence-corrected chi connectivity index (χ0v) is 10.9. The molecule has 0 saturated heterocycles. The Kier molecular flexibility index (Phi) is 3.97. The fraction of sp³-hybridized carbons (Fsp3) is 0.143. The number of amidine groups is 1. The Morgan fingerprint density at radius 3 is 2.32 bits per heavy atom. The van der Waals surface area contributed by atoms with Gasteiger partial charge >= 0.3 is 0 Å². The molecule has 1 heterocycles. The van der Waals surface area contributed by atoms with Crippen molar-refractivity contribution in [1.82, 2.24) is 9.97 Å². The van der Waals surface area contributed by atoms with E-state index in [0.717, 1.165) is 5.56 Å². The Bertz CT molecular complexity index is 599. The molecule has 1 aromatic heterocycles. The Labute approximate surface area is 111 Å². The molecule has 0 spiro atoms. The van der Waals surface area contributed by atoms with Crippen LogP contribution in [-0.4, -0.2) is 21.5 Å². The van der Waals surface area contributed by atoms with E-state index in [0.29, 0.717) is 17.4 Å². The molecule has 0 amide bonds. The fourth-order valence-electron chi connectivity index (χ4n) is 1.44. The summed E-state index contributed by atoms with van der Waals surface area (Å²) in [6, 6.07) is 9.54. The van der Waals surface area contributed by atoms with Crippen LogP contribution >= 0.6 is 0 Å². The largest absolute Gasteiger partial charge is 0.382 e. The molecule has 2 N–H and O–H groups in total. The van der Waals surface area contributed by atoms with Gasteiger partial charge in [-0.1, -0.05) is 29.8 Å². The number of benzene rings is 1. The highest BCUT2D eigenvalue weighted by molar-refractivity contribution is 5.99. The highest BCUT2D eigenvalue weighted by atomic mass is 15.2. The number of aromatic nitrogens is 2. The zero-order valence-electron chi connectivity index (χ0n) is 10.9. The second-order valence-corrected chi connectivity index (χ2v) is 4.11. The standard InChI is InChI=1S/C14H15N5/c1-10-4-6-12(7-5-10)13(15)19-18-11(2)14-16-8-3-9-17-14/h3-9H,1-2H3,(H2,15,19)/b18-11+. The van der Waals surface area contributed by atoms with E-state index in [4.69, 9.17) is 5.73 Å². The third-order valence-corrected chi connectivity index (χ3v) is 2.54. The van der Waals surface area contributed by atoms with Gasteiger partial charge in [0.2, 0.25) is 0 Å². The molecule has 0 fully saturated rings. The lowest BCUT2D eigenvalue weighted by Crippen LogP contribution is -2.13. The maximum Gasteiger partial charge on any atom is 0.175 e. The summed E-state index contributed by atoms with van der Waals surface area (Å²) in [6.07, 6.45) is 3.32. The van der Waals surface area contributed by atoms with Crippen molar-refractivity contribution < 1.29 is 0 Å². The summed E-state index contributed by atoms with van der Waals surface area (Å²) >= 11 is 0. The molecule has 0 aliphatic rings. The van der Waals surface area contributed by atoms with Crippen LogP contribution in [0.2, 0.25) is 0 Å². The lowest BCUT2D eigenvalue weighted by atomic mass is 10.1. The Hall–Kier alpha value is -2.56. The average molecular weight is 253 g/mol. The van der Waals surface area contributed by atoms with Gasteiger partial charge in [0.1, 0.15) is 5.71 Å². The summed E-state index contributed by atoms with van der Waals surface area (Å²) in [7, 11) is 0. The predicted octanol–water partition coefficient (Wildman–Crippen LogP) is 1.91. The molecule has 5 nitrogen and oxygen atoms in total. The quantitative estimate of drug-likeness (QED) is 0.515. The van der Waals surface area contributed by atoms with Gasteiger partial charge in [-0.25, -0.2) is 9.97 Å². The molecule has 2 aromatic rings. The number of rotatable bonds is 3. The van der Waals surface area contributed by atoms with Crippen LogP contribution in [-0.2, 0) is 0 Å². The fourth-order valence-corrected chi connectivity index (χ4v) is 1.44. The SMILES string of the molecule is C/C(=N\N=C(/N)c1ccc(C)cc1)c1ncccn1. The molecular weight excluding hydrogens is 238 g/mol. The Morgan fingerprint density at radius 1 is 1.05 bits per heavy atom. The van der Waals surface area contributed by atoms with E-state index in [1.165, 1.54) is 5.56 Å². The van der Waals surface area contributed by atoms with Crippen molar-refractivity contribution in [2.75, 3.05) is 0 Å². The van der Waals surface area contributed by atoms with Gasteiger partial charge in [0.05, 0.1) is 0 Å². The minimum absolute atomic E-state index is 0.371. The van der Waals surface area contributed by atoms with E-state index < -0.39 is 0 Å². The van der Waals surface area contributed by atoms with E-state index in [2.05, 4.69) is 20.2 Å². The third-order valence-electron chi connectivity index (χ3n) is 2.54. The van der Waals surface area contributed by atoms with Gasteiger partial charge in [0.25, 0.3) is 0 Å². The molecule has 2 rings (SSSR count). The van der Waals surface area contributed by atoms with Gasteiger partial charge in [-0.2, -0.15) is 0 Å². The van der Waals surface area contributed by atoms with Crippen LogP contribution in [0.3, 0.4) is 0 Å². The Balaban J connectivity index is 2.20. The van der Waals surface area contributed by atoms with Crippen LogP contribution in [0.25, 0.3) is 0 Å². The second-order valence-electron chi connectivity index (χ2n) is 4.11. The summed E-state index contributed by atoms with van der Waals surface area (Å²) in [5.74, 6) is 0.915. The Morgan fingerprint density at radius 2 is 1.68 bits per heavy atom. The first-order chi connectivity index (χ1) is 9.16. The van der Waals surface area contributed by atoms with Gasteiger partial charge in [-0.3, -0.25) is 0 Å². The highest BCUT2D eigenvalue weighted by Gasteiger charge is 2.00. The van der Waals surface area contributed by atoms with Gasteiger partial charge < -0.3 is 5.73 Å². The molecule has 0 atom stereocenters. The molecule has 19 heavy (non-hydrogen) atoms. The van der Waals surface area contributed by atoms with Crippen LogP contribution in [0.5, 0.6) is 0 Å². The molecule has 96 valence electrons. The van der Waals surface area contributed by atoms with Crippen LogP contribution in [0, 0.1) is 6.92 Å². The van der Waals surface area contributed by atoms with E-state index in [1.54, 1.807) is 25.4 Å². The van der Waals surface area contributed by atoms with E-state index in [1.807, 2.05) is 31.2 Å². The van der Waals surface area contributed by atoms with Gasteiger partial charge in [0.15, 0.2) is 11.7 Å². The summed E-state index contributed by atoms with van der Waals surface area (Å²) < 4.78 is 0. The van der Waals surface area contributed by atoms with Crippen molar-refractivity contribution in [2.24, 2.45) is 15.9 Å². The number of hydrogen-bond acceptors (Lipinski definition) is 4. The van der Waals surface area contributed by atoms with Crippen LogP contribution in [0.15, 0.2) is 52.9 Å². The van der Waals surface area contributed by atoms with Gasteiger partial charge in [-0.15, -0.1) is 10.2 Å². The van der Waals surface area contributed by atoms with Crippen molar-refractivity contribution in [3.05, 3.63) is 59.7 Å². The molecule has 0 radical (unpaired) electrons. The van der Waals surface area contributed by atoms with Crippen molar-refractivity contribution in [1.29, 1.82) is 0 Å². The molecule has 0 aliphatic carbocycles. The van der Waals surface area contributed by atoms with Crippen molar-refractivity contribution in [3.8, 4) is 0 Å². The molecule has 5 heteroatoms. The first-order valence-electron chi connectivity index (χ1n) is 5.89. The summed E-state index contributed by atoms with van der Waals surface area (Å²) in [6.45, 7) is 3.81. The van der Waals surface area contributed by atoms with Gasteiger partial charge in [-0.05, 0) is 19.9 Å². The first-order valence-corrected chi connectivity index (χ1v) is 5.89. The third kappa shape index (κ3) is 3.45. The summed E-state index contributed by atoms with van der Waals surface area (Å²) in [5, 5.41) is 8.05. The second kappa shape index (κ2) is 5.86. The molecule has 0 saturated carbocycles. The maximum atomic E-state index is 5.87. The minimum atomic E-state index is 0.371. The number of nitrogens with two attached hydrogens (primary N) is 1. The summed E-state index contributed by atoms with van der Waals surface area (Å²) in [4.78, 5) is 8.18. The molecular formula is C14H15N5. The number of aryl methyl sites for hydroxylation is 1. The van der Waals surface area contributed by atoms with E-state index in [-0.39, 0.29) is 0 Å². The van der Waals surface area contributed by atoms with E-state index in [9.17, 15) is 0 Å². The van der Waals surface area contributed by atoms with Crippen molar-refractivity contribution in [2.45, 2.75) is 13.8 Å². The number of hydrogen-bond donors (Lipinski definition) is 1. The molecule has 1 aromatic carbocycles. The van der Waals surface area contributed by atoms with Crippen LogP contribution in [0.1, 0.15) is 23.9 Å². The lowest BCUT2D eigenvalue weighted by molar-refractivity contribution is 1.10. The predicted molar refractivity (Wildman–Crippen MR) is 76.1 cm³/mol. The normalized spacial score (nSPS) is 12.5. The molecule has 0 unspecified atom stereocenters. The van der Waals surface area contributed by atoms with E-state index >= 15 is 0 Å². The average Bonchev–Trinajstić information content (AvgIpc) is 2.46. The maximum absolute atomic E-state index is 5.87. The van der Waals surface area contributed by atoms with Gasteiger partial charge in [0, 0.05) is 18.0 Å². The monoisotopic (exact) mass is 253 g/mol. The first kappa shape index (κ1) is 12.9. The zero-order chi connectivity index (χ0) is 13.7. The van der Waals surface area contributed by atoms with Crippen LogP contribution in [0.4, 0.5) is 0 Å². The summed E-state index contributed by atoms with van der Waals surface area (Å²) in [5.41, 5.74) is 8.51. The molecule has 0 aliphatic heterocycles. The minimum Gasteiger partial charge on any atom is -0.382 e. The van der Waals surface area contributed by atoms with Crippen LogP contribution < -0.4 is 5.73 Å². The topological polar surface area (TPSA) is 76.5 Å². The smallest absolute Gasteiger partial charge is 0.175 e. The lowest BCUT2D eigenvalue weighted by Gasteiger charge is -2.00. The highest BCUT2D eigenvalue weighted by Crippen LogP contribution is 2.03. The van der Waals surface area contributed by atoms with Crippen molar-refractivity contribution >= 4 is 11.5 Å². The molecule has 0 bridgehead atoms. The van der Waals surface area contributed by atoms with Crippen molar-refractivity contribution in [3.63, 3.8) is 0 Å².